The molecule has 2 N–H and O–H groups in total. The van der Waals surface area contributed by atoms with Gasteiger partial charge in [0.1, 0.15) is 18.1 Å². The summed E-state index contributed by atoms with van der Waals surface area (Å²) in [5.74, 6) is 1.62. The van der Waals surface area contributed by atoms with E-state index in [9.17, 15) is 0 Å². The molecule has 0 radical (unpaired) electrons. The SMILES string of the molecule is COc1ccc(COc2cccc(N)c2C)cc1Br. The lowest BCUT2D eigenvalue weighted by Gasteiger charge is -2.11. The first kappa shape index (κ1) is 13.7. The highest BCUT2D eigenvalue weighted by atomic mass is 79.9. The van der Waals surface area contributed by atoms with E-state index in [2.05, 4.69) is 15.9 Å². The minimum Gasteiger partial charge on any atom is -0.496 e. The van der Waals surface area contributed by atoms with Crippen LogP contribution in [0.3, 0.4) is 0 Å². The first-order valence-electron chi connectivity index (χ1n) is 5.92. The molecule has 2 rings (SSSR count). The average Bonchev–Trinajstić information content (AvgIpc) is 2.40. The van der Waals surface area contributed by atoms with Gasteiger partial charge in [0.05, 0.1) is 11.6 Å². The molecular formula is C15H16BrNO2. The average molecular weight is 322 g/mol. The van der Waals surface area contributed by atoms with Gasteiger partial charge in [-0.25, -0.2) is 0 Å². The summed E-state index contributed by atoms with van der Waals surface area (Å²) in [4.78, 5) is 0. The van der Waals surface area contributed by atoms with Crippen LogP contribution in [-0.4, -0.2) is 7.11 Å². The van der Waals surface area contributed by atoms with Crippen LogP contribution in [0.4, 0.5) is 5.69 Å². The zero-order valence-corrected chi connectivity index (χ0v) is 12.5. The third-order valence-corrected chi connectivity index (χ3v) is 3.56. The number of nitrogen functional groups attached to an aromatic ring is 1. The summed E-state index contributed by atoms with van der Waals surface area (Å²) in [5, 5.41) is 0. The van der Waals surface area contributed by atoms with Crippen LogP contribution >= 0.6 is 15.9 Å². The van der Waals surface area contributed by atoms with Crippen molar-refractivity contribution >= 4 is 21.6 Å². The van der Waals surface area contributed by atoms with Crippen LogP contribution in [0.5, 0.6) is 11.5 Å². The molecule has 2 aromatic rings. The van der Waals surface area contributed by atoms with E-state index < -0.39 is 0 Å². The van der Waals surface area contributed by atoms with E-state index in [4.69, 9.17) is 15.2 Å². The summed E-state index contributed by atoms with van der Waals surface area (Å²) >= 11 is 3.46. The molecule has 0 atom stereocenters. The maximum atomic E-state index is 5.85. The molecule has 0 saturated carbocycles. The molecule has 0 aliphatic heterocycles. The monoisotopic (exact) mass is 321 g/mol. The van der Waals surface area contributed by atoms with Crippen molar-refractivity contribution in [3.63, 3.8) is 0 Å². The normalized spacial score (nSPS) is 10.3. The first-order valence-corrected chi connectivity index (χ1v) is 6.71. The van der Waals surface area contributed by atoms with Crippen molar-refractivity contribution in [3.8, 4) is 11.5 Å². The fraction of sp³-hybridized carbons (Fsp3) is 0.200. The van der Waals surface area contributed by atoms with Crippen LogP contribution < -0.4 is 15.2 Å². The molecule has 4 heteroatoms. The van der Waals surface area contributed by atoms with Gasteiger partial charge in [-0.2, -0.15) is 0 Å². The minimum atomic E-state index is 0.493. The summed E-state index contributed by atoms with van der Waals surface area (Å²) in [7, 11) is 1.65. The van der Waals surface area contributed by atoms with Crippen molar-refractivity contribution < 1.29 is 9.47 Å². The Hall–Kier alpha value is -1.68. The Bertz CT molecular complexity index is 584. The predicted octanol–water partition coefficient (Wildman–Crippen LogP) is 3.93. The second-order valence-electron chi connectivity index (χ2n) is 4.23. The number of ether oxygens (including phenoxy) is 2. The molecule has 0 saturated heterocycles. The molecular weight excluding hydrogens is 306 g/mol. The summed E-state index contributed by atoms with van der Waals surface area (Å²) in [6.45, 7) is 2.45. The summed E-state index contributed by atoms with van der Waals surface area (Å²) < 4.78 is 11.9. The van der Waals surface area contributed by atoms with Gasteiger partial charge in [0.2, 0.25) is 0 Å². The molecule has 0 aliphatic rings. The molecule has 0 unspecified atom stereocenters. The molecule has 0 fully saturated rings. The number of halogens is 1. The molecule has 0 aliphatic carbocycles. The minimum absolute atomic E-state index is 0.493. The highest BCUT2D eigenvalue weighted by Crippen LogP contribution is 2.27. The van der Waals surface area contributed by atoms with Crippen molar-refractivity contribution in [1.29, 1.82) is 0 Å². The van der Waals surface area contributed by atoms with E-state index in [0.717, 1.165) is 32.8 Å². The Morgan fingerprint density at radius 1 is 1.16 bits per heavy atom. The number of hydrogen-bond donors (Lipinski definition) is 1. The van der Waals surface area contributed by atoms with E-state index >= 15 is 0 Å². The van der Waals surface area contributed by atoms with Gasteiger partial charge in [0.15, 0.2) is 0 Å². The molecule has 100 valence electrons. The van der Waals surface area contributed by atoms with E-state index in [1.807, 2.05) is 43.3 Å². The maximum absolute atomic E-state index is 5.85. The fourth-order valence-electron chi connectivity index (χ4n) is 1.75. The van der Waals surface area contributed by atoms with Crippen LogP contribution in [0.25, 0.3) is 0 Å². The molecule has 2 aromatic carbocycles. The summed E-state index contributed by atoms with van der Waals surface area (Å²) in [6.07, 6.45) is 0. The number of benzene rings is 2. The molecule has 19 heavy (non-hydrogen) atoms. The second-order valence-corrected chi connectivity index (χ2v) is 5.08. The van der Waals surface area contributed by atoms with E-state index in [-0.39, 0.29) is 0 Å². The largest absolute Gasteiger partial charge is 0.496 e. The predicted molar refractivity (Wildman–Crippen MR) is 80.6 cm³/mol. The smallest absolute Gasteiger partial charge is 0.133 e. The fourth-order valence-corrected chi connectivity index (χ4v) is 2.34. The number of hydrogen-bond acceptors (Lipinski definition) is 3. The zero-order valence-electron chi connectivity index (χ0n) is 10.9. The molecule has 0 amide bonds. The van der Waals surface area contributed by atoms with Gasteiger partial charge in [0, 0.05) is 11.3 Å². The van der Waals surface area contributed by atoms with Crippen LogP contribution in [-0.2, 0) is 6.61 Å². The van der Waals surface area contributed by atoms with E-state index in [0.29, 0.717) is 6.61 Å². The van der Waals surface area contributed by atoms with Crippen LogP contribution in [0, 0.1) is 6.92 Å². The van der Waals surface area contributed by atoms with Crippen molar-refractivity contribution in [2.75, 3.05) is 12.8 Å². The number of rotatable bonds is 4. The van der Waals surface area contributed by atoms with E-state index in [1.54, 1.807) is 7.11 Å². The summed E-state index contributed by atoms with van der Waals surface area (Å²) in [5.41, 5.74) is 8.62. The van der Waals surface area contributed by atoms with Crippen molar-refractivity contribution in [2.24, 2.45) is 0 Å². The third kappa shape index (κ3) is 3.20. The Kier molecular flexibility index (Phi) is 4.32. The van der Waals surface area contributed by atoms with Gasteiger partial charge in [-0.15, -0.1) is 0 Å². The molecule has 0 spiro atoms. The zero-order chi connectivity index (χ0) is 13.8. The quantitative estimate of drug-likeness (QED) is 0.868. The Morgan fingerprint density at radius 2 is 1.95 bits per heavy atom. The number of anilines is 1. The second kappa shape index (κ2) is 5.97. The summed E-state index contributed by atoms with van der Waals surface area (Å²) in [6, 6.07) is 11.6. The molecule has 0 heterocycles. The molecule has 0 aromatic heterocycles. The van der Waals surface area contributed by atoms with Gasteiger partial charge in [-0.1, -0.05) is 12.1 Å². The van der Waals surface area contributed by atoms with Crippen molar-refractivity contribution in [3.05, 3.63) is 52.0 Å². The first-order chi connectivity index (χ1) is 9.11. The Morgan fingerprint density at radius 3 is 2.63 bits per heavy atom. The topological polar surface area (TPSA) is 44.5 Å². The Labute approximate surface area is 121 Å². The lowest BCUT2D eigenvalue weighted by atomic mass is 10.2. The van der Waals surface area contributed by atoms with Gasteiger partial charge in [-0.3, -0.25) is 0 Å². The highest BCUT2D eigenvalue weighted by Gasteiger charge is 2.05. The van der Waals surface area contributed by atoms with Gasteiger partial charge < -0.3 is 15.2 Å². The number of methoxy groups -OCH3 is 1. The van der Waals surface area contributed by atoms with Crippen molar-refractivity contribution in [1.82, 2.24) is 0 Å². The van der Waals surface area contributed by atoms with Crippen LogP contribution in [0.15, 0.2) is 40.9 Å². The lowest BCUT2D eigenvalue weighted by Crippen LogP contribution is -1.99. The molecule has 3 nitrogen and oxygen atoms in total. The van der Waals surface area contributed by atoms with Gasteiger partial charge in [0.25, 0.3) is 0 Å². The van der Waals surface area contributed by atoms with Gasteiger partial charge >= 0.3 is 0 Å². The van der Waals surface area contributed by atoms with E-state index in [1.165, 1.54) is 0 Å². The standard InChI is InChI=1S/C15H16BrNO2/c1-10-13(17)4-3-5-14(10)19-9-11-6-7-15(18-2)12(16)8-11/h3-8H,9,17H2,1-2H3. The lowest BCUT2D eigenvalue weighted by molar-refractivity contribution is 0.304. The third-order valence-electron chi connectivity index (χ3n) is 2.94. The Balaban J connectivity index is 2.10. The van der Waals surface area contributed by atoms with Crippen LogP contribution in [0.1, 0.15) is 11.1 Å². The van der Waals surface area contributed by atoms with Gasteiger partial charge in [-0.05, 0) is 52.7 Å². The molecule has 0 bridgehead atoms. The van der Waals surface area contributed by atoms with Crippen molar-refractivity contribution in [2.45, 2.75) is 13.5 Å². The number of nitrogens with two attached hydrogens (primary N) is 1. The highest BCUT2D eigenvalue weighted by molar-refractivity contribution is 9.10. The maximum Gasteiger partial charge on any atom is 0.133 e. The van der Waals surface area contributed by atoms with Crippen LogP contribution in [0.2, 0.25) is 0 Å².